The van der Waals surface area contributed by atoms with E-state index in [1.807, 2.05) is 0 Å². The number of carbonyl (C=O) groups excluding carboxylic acids is 2. The molecule has 1 aromatic rings. The minimum Gasteiger partial charge on any atom is -0.496 e. The van der Waals surface area contributed by atoms with Gasteiger partial charge in [-0.25, -0.2) is 10.1 Å². The van der Waals surface area contributed by atoms with Crippen molar-refractivity contribution in [3.05, 3.63) is 34.4 Å². The summed E-state index contributed by atoms with van der Waals surface area (Å²) in [7, 11) is -3.21. The predicted octanol–water partition coefficient (Wildman–Crippen LogP) is 5.30. The number of esters is 2. The number of hydrogen-bond acceptors (Lipinski definition) is 10. The molecule has 10 nitrogen and oxygen atoms in total. The van der Waals surface area contributed by atoms with Crippen molar-refractivity contribution in [3.8, 4) is 11.5 Å². The van der Waals surface area contributed by atoms with Gasteiger partial charge in [-0.2, -0.15) is 26.3 Å². The molecular formula is C22H25F6O10P. The first kappa shape index (κ1) is 32.4. The van der Waals surface area contributed by atoms with Gasteiger partial charge in [0.05, 0.1) is 14.2 Å². The molecule has 0 bridgehead atoms. The fourth-order valence-electron chi connectivity index (χ4n) is 3.76. The van der Waals surface area contributed by atoms with Gasteiger partial charge in [0.1, 0.15) is 17.9 Å². The summed E-state index contributed by atoms with van der Waals surface area (Å²) in [5.41, 5.74) is -0.878. The van der Waals surface area contributed by atoms with Crippen molar-refractivity contribution in [3.63, 3.8) is 0 Å². The lowest BCUT2D eigenvalue weighted by Gasteiger charge is -2.25. The highest BCUT2D eigenvalue weighted by Gasteiger charge is 2.47. The molecule has 0 fully saturated rings. The summed E-state index contributed by atoms with van der Waals surface area (Å²) in [6, 6.07) is 0. The molecule has 0 saturated heterocycles. The Hall–Kier alpha value is -2.81. The molecule has 1 aliphatic rings. The molecule has 39 heavy (non-hydrogen) atoms. The van der Waals surface area contributed by atoms with E-state index in [2.05, 4.69) is 18.7 Å². The Balaban J connectivity index is 2.27. The predicted molar refractivity (Wildman–Crippen MR) is 120 cm³/mol. The first-order valence-corrected chi connectivity index (χ1v) is 12.7. The van der Waals surface area contributed by atoms with Gasteiger partial charge in [0.2, 0.25) is 0 Å². The summed E-state index contributed by atoms with van der Waals surface area (Å²) in [5.74, 6) is -2.08. The zero-order valence-corrected chi connectivity index (χ0v) is 21.7. The molecule has 1 atom stereocenters. The van der Waals surface area contributed by atoms with E-state index in [-0.39, 0.29) is 42.1 Å². The van der Waals surface area contributed by atoms with E-state index < -0.39 is 57.2 Å². The molecule has 0 amide bonds. The van der Waals surface area contributed by atoms with Crippen molar-refractivity contribution in [2.75, 3.05) is 27.4 Å². The standard InChI is InChI=1S/C22H25F6O10P/c1-12-14-9-35-20(30)16(14)18(38-31)13(17(12)33-2)7-5-4-6-8-15(19(29)34-3)39(32,36-10-21(23,24)25)37-11-22(26,27)28/h4,6,15,31H,5,7-11H2,1-3H3/b6-4+. The van der Waals surface area contributed by atoms with Crippen molar-refractivity contribution in [2.24, 2.45) is 0 Å². The number of carbonyl (C=O) groups is 2. The molecule has 1 unspecified atom stereocenters. The number of alkyl halides is 6. The van der Waals surface area contributed by atoms with Crippen LogP contribution < -0.4 is 9.62 Å². The molecule has 1 N–H and O–H groups in total. The van der Waals surface area contributed by atoms with Crippen molar-refractivity contribution in [2.45, 2.75) is 50.8 Å². The molecule has 1 heterocycles. The topological polar surface area (TPSA) is 127 Å². The van der Waals surface area contributed by atoms with Gasteiger partial charge in [0.15, 0.2) is 24.6 Å². The summed E-state index contributed by atoms with van der Waals surface area (Å²) >= 11 is 0. The Labute approximate surface area is 218 Å². The molecule has 0 saturated carbocycles. The zero-order valence-electron chi connectivity index (χ0n) is 20.8. The van der Waals surface area contributed by atoms with Crippen LogP contribution in [0.5, 0.6) is 11.5 Å². The van der Waals surface area contributed by atoms with Crippen LogP contribution in [0, 0.1) is 6.92 Å². The fourth-order valence-corrected chi connectivity index (χ4v) is 5.59. The van der Waals surface area contributed by atoms with Crippen LogP contribution in [0.3, 0.4) is 0 Å². The maximum atomic E-state index is 13.0. The number of halogens is 6. The maximum absolute atomic E-state index is 13.0. The van der Waals surface area contributed by atoms with E-state index in [9.17, 15) is 45.8 Å². The van der Waals surface area contributed by atoms with Gasteiger partial charge in [-0.05, 0) is 31.7 Å². The average molecular weight is 594 g/mol. The summed E-state index contributed by atoms with van der Waals surface area (Å²) in [5, 5.41) is 9.43. The Morgan fingerprint density at radius 1 is 1.08 bits per heavy atom. The molecule has 0 spiro atoms. The number of hydrogen-bond donors (Lipinski definition) is 1. The van der Waals surface area contributed by atoms with Crippen molar-refractivity contribution < 1.29 is 73.9 Å². The van der Waals surface area contributed by atoms with Crippen molar-refractivity contribution >= 4 is 19.5 Å². The largest absolute Gasteiger partial charge is 0.496 e. The second-order valence-corrected chi connectivity index (χ2v) is 10.3. The molecule has 17 heteroatoms. The van der Waals surface area contributed by atoms with Crippen LogP contribution in [0.1, 0.15) is 39.9 Å². The van der Waals surface area contributed by atoms with Gasteiger partial charge in [-0.15, -0.1) is 0 Å². The smallest absolute Gasteiger partial charge is 0.412 e. The van der Waals surface area contributed by atoms with Gasteiger partial charge < -0.3 is 19.1 Å². The third-order valence-corrected chi connectivity index (χ3v) is 7.64. The highest BCUT2D eigenvalue weighted by atomic mass is 31.2. The van der Waals surface area contributed by atoms with E-state index in [1.54, 1.807) is 6.92 Å². The number of benzene rings is 1. The van der Waals surface area contributed by atoms with Gasteiger partial charge in [0, 0.05) is 11.1 Å². The second kappa shape index (κ2) is 13.0. The Bertz CT molecular complexity index is 1110. The average Bonchev–Trinajstić information content (AvgIpc) is 3.24. The number of allylic oxidation sites excluding steroid dienone is 2. The van der Waals surface area contributed by atoms with E-state index in [0.717, 1.165) is 13.2 Å². The van der Waals surface area contributed by atoms with Crippen molar-refractivity contribution in [1.82, 2.24) is 0 Å². The third kappa shape index (κ3) is 8.34. The molecule has 0 aromatic heterocycles. The van der Waals surface area contributed by atoms with Crippen LogP contribution in [0.2, 0.25) is 0 Å². The molecule has 0 radical (unpaired) electrons. The molecule has 1 aromatic carbocycles. The second-order valence-electron chi connectivity index (χ2n) is 8.09. The number of methoxy groups -OCH3 is 2. The Morgan fingerprint density at radius 2 is 1.67 bits per heavy atom. The number of fused-ring (bicyclic) bond motifs is 1. The summed E-state index contributed by atoms with van der Waals surface area (Å²) in [6.07, 6.45) is -8.20. The lowest BCUT2D eigenvalue weighted by Crippen LogP contribution is -2.29. The number of rotatable bonds is 13. The first-order chi connectivity index (χ1) is 18.1. The minimum atomic E-state index is -5.34. The van der Waals surface area contributed by atoms with Crippen LogP contribution in [0.4, 0.5) is 26.3 Å². The highest BCUT2D eigenvalue weighted by Crippen LogP contribution is 2.56. The van der Waals surface area contributed by atoms with Gasteiger partial charge in [-0.1, -0.05) is 12.2 Å². The lowest BCUT2D eigenvalue weighted by atomic mass is 9.94. The first-order valence-electron chi connectivity index (χ1n) is 11.0. The van der Waals surface area contributed by atoms with Crippen LogP contribution in [0.25, 0.3) is 0 Å². The molecule has 2 rings (SSSR count). The number of cyclic esters (lactones) is 1. The van der Waals surface area contributed by atoms with Gasteiger partial charge >= 0.3 is 31.9 Å². The van der Waals surface area contributed by atoms with Crippen LogP contribution in [-0.2, 0) is 40.9 Å². The molecular weight excluding hydrogens is 569 g/mol. The molecule has 220 valence electrons. The fraction of sp³-hybridized carbons (Fsp3) is 0.545. The van der Waals surface area contributed by atoms with Gasteiger partial charge in [0.25, 0.3) is 0 Å². The van der Waals surface area contributed by atoms with E-state index in [4.69, 9.17) is 9.47 Å². The molecule has 1 aliphatic heterocycles. The molecule has 0 aliphatic carbocycles. The van der Waals surface area contributed by atoms with E-state index in [0.29, 0.717) is 11.1 Å². The highest BCUT2D eigenvalue weighted by molar-refractivity contribution is 7.55. The van der Waals surface area contributed by atoms with Crippen LogP contribution in [-0.4, -0.2) is 62.6 Å². The van der Waals surface area contributed by atoms with E-state index >= 15 is 0 Å². The zero-order chi connectivity index (χ0) is 29.6. The normalized spacial score (nSPS) is 14.8. The maximum Gasteiger partial charge on any atom is 0.412 e. The quantitative estimate of drug-likeness (QED) is 0.0803. The Morgan fingerprint density at radius 3 is 2.15 bits per heavy atom. The summed E-state index contributed by atoms with van der Waals surface area (Å²) in [6.45, 7) is -2.87. The number of ether oxygens (including phenoxy) is 3. The summed E-state index contributed by atoms with van der Waals surface area (Å²) in [4.78, 5) is 28.7. The van der Waals surface area contributed by atoms with Crippen molar-refractivity contribution in [1.29, 1.82) is 0 Å². The summed E-state index contributed by atoms with van der Waals surface area (Å²) < 4.78 is 112. The van der Waals surface area contributed by atoms with E-state index in [1.165, 1.54) is 13.2 Å². The van der Waals surface area contributed by atoms with Crippen LogP contribution >= 0.6 is 7.60 Å². The van der Waals surface area contributed by atoms with Gasteiger partial charge in [-0.3, -0.25) is 18.4 Å². The van der Waals surface area contributed by atoms with Crippen LogP contribution in [0.15, 0.2) is 12.2 Å². The minimum absolute atomic E-state index is 0.00472. The third-order valence-electron chi connectivity index (χ3n) is 5.48. The lowest BCUT2D eigenvalue weighted by molar-refractivity contribution is -0.167. The Kier molecular flexibility index (Phi) is 10.8. The monoisotopic (exact) mass is 594 g/mol. The SMILES string of the molecule is COC(=O)C(C/C=C/CCc1c(OC)c(C)c2c(c1OO)C(=O)OC2)P(=O)(OCC(F)(F)F)OCC(F)(F)F.